The molecule has 0 saturated carbocycles. The van der Waals surface area contributed by atoms with E-state index >= 15 is 0 Å². The van der Waals surface area contributed by atoms with E-state index in [1.54, 1.807) is 7.05 Å². The molecule has 0 aromatic heterocycles. The highest BCUT2D eigenvalue weighted by Gasteiger charge is 2.08. The van der Waals surface area contributed by atoms with Crippen LogP contribution in [-0.4, -0.2) is 36.1 Å². The Morgan fingerprint density at radius 1 is 1.56 bits per heavy atom. The van der Waals surface area contributed by atoms with Crippen molar-refractivity contribution in [1.82, 2.24) is 4.90 Å². The monoisotopic (exact) mass is 230 g/mol. The maximum Gasteiger partial charge on any atom is 0.294 e. The molecule has 0 aliphatic rings. The van der Waals surface area contributed by atoms with Gasteiger partial charge in [0.05, 0.1) is 0 Å². The zero-order chi connectivity index (χ0) is 12.4. The summed E-state index contributed by atoms with van der Waals surface area (Å²) in [4.78, 5) is 26.9. The summed E-state index contributed by atoms with van der Waals surface area (Å²) in [5.74, 6) is -0.0172. The first-order valence-corrected chi connectivity index (χ1v) is 5.20. The predicted octanol–water partition coefficient (Wildman–Crippen LogP) is 1.40. The number of unbranched alkanes of at least 4 members (excludes halogenated alkanes) is 1. The SMILES string of the molecule is C/C=C\CCCC(=O)N(C)CCO[N+](=O)[O-]. The zero-order valence-corrected chi connectivity index (χ0v) is 9.72. The van der Waals surface area contributed by atoms with Crippen molar-refractivity contribution in [3.05, 3.63) is 22.3 Å². The van der Waals surface area contributed by atoms with E-state index in [-0.39, 0.29) is 19.1 Å². The van der Waals surface area contributed by atoms with Crippen LogP contribution in [0.5, 0.6) is 0 Å². The molecule has 0 heterocycles. The molecular formula is C10H18N2O4. The summed E-state index contributed by atoms with van der Waals surface area (Å²) in [6.07, 6.45) is 6.08. The fraction of sp³-hybridized carbons (Fsp3) is 0.700. The predicted molar refractivity (Wildman–Crippen MR) is 59.2 cm³/mol. The first-order chi connectivity index (χ1) is 7.57. The Morgan fingerprint density at radius 3 is 2.81 bits per heavy atom. The highest BCUT2D eigenvalue weighted by atomic mass is 16.9. The quantitative estimate of drug-likeness (QED) is 0.273. The molecule has 0 unspecified atom stereocenters. The molecule has 0 saturated heterocycles. The molecule has 92 valence electrons. The van der Waals surface area contributed by atoms with Crippen molar-refractivity contribution in [3.63, 3.8) is 0 Å². The van der Waals surface area contributed by atoms with E-state index in [0.717, 1.165) is 12.8 Å². The van der Waals surface area contributed by atoms with Gasteiger partial charge in [0.1, 0.15) is 6.61 Å². The maximum absolute atomic E-state index is 11.5. The molecule has 0 N–H and O–H groups in total. The van der Waals surface area contributed by atoms with Crippen molar-refractivity contribution >= 4 is 5.91 Å². The third-order valence-electron chi connectivity index (χ3n) is 2.05. The van der Waals surface area contributed by atoms with Gasteiger partial charge in [0, 0.05) is 20.0 Å². The van der Waals surface area contributed by atoms with Crippen molar-refractivity contribution in [1.29, 1.82) is 0 Å². The average molecular weight is 230 g/mol. The summed E-state index contributed by atoms with van der Waals surface area (Å²) < 4.78 is 0. The topological polar surface area (TPSA) is 72.7 Å². The van der Waals surface area contributed by atoms with Crippen molar-refractivity contribution in [2.45, 2.75) is 26.2 Å². The molecule has 0 aromatic carbocycles. The minimum atomic E-state index is -0.857. The molecule has 0 spiro atoms. The molecule has 0 fully saturated rings. The van der Waals surface area contributed by atoms with Gasteiger partial charge in [-0.05, 0) is 19.8 Å². The van der Waals surface area contributed by atoms with E-state index in [1.165, 1.54) is 4.90 Å². The fourth-order valence-electron chi connectivity index (χ4n) is 1.11. The number of carbonyl (C=O) groups excluding carboxylic acids is 1. The summed E-state index contributed by atoms with van der Waals surface area (Å²) in [6, 6.07) is 0. The van der Waals surface area contributed by atoms with Crippen molar-refractivity contribution < 1.29 is 14.7 Å². The van der Waals surface area contributed by atoms with Crippen LogP contribution in [0.4, 0.5) is 0 Å². The molecule has 16 heavy (non-hydrogen) atoms. The molecule has 6 nitrogen and oxygen atoms in total. The minimum absolute atomic E-state index is 0.0172. The van der Waals surface area contributed by atoms with Gasteiger partial charge in [-0.1, -0.05) is 12.2 Å². The maximum atomic E-state index is 11.5. The number of carbonyl (C=O) groups is 1. The Labute approximate surface area is 95.0 Å². The second kappa shape index (κ2) is 8.70. The lowest BCUT2D eigenvalue weighted by molar-refractivity contribution is -0.757. The average Bonchev–Trinajstić information content (AvgIpc) is 2.23. The molecule has 0 radical (unpaired) electrons. The Bertz CT molecular complexity index is 253. The molecule has 0 aliphatic heterocycles. The van der Waals surface area contributed by atoms with E-state index in [9.17, 15) is 14.9 Å². The normalized spacial score (nSPS) is 10.4. The summed E-state index contributed by atoms with van der Waals surface area (Å²) in [6.45, 7) is 2.09. The van der Waals surface area contributed by atoms with Crippen LogP contribution in [0.2, 0.25) is 0 Å². The highest BCUT2D eigenvalue weighted by Crippen LogP contribution is 2.00. The first-order valence-electron chi connectivity index (χ1n) is 5.20. The molecule has 0 rings (SSSR count). The van der Waals surface area contributed by atoms with Crippen LogP contribution >= 0.6 is 0 Å². The van der Waals surface area contributed by atoms with Crippen LogP contribution in [-0.2, 0) is 9.63 Å². The molecule has 0 bridgehead atoms. The lowest BCUT2D eigenvalue weighted by Crippen LogP contribution is -2.30. The van der Waals surface area contributed by atoms with Gasteiger partial charge in [0.15, 0.2) is 0 Å². The van der Waals surface area contributed by atoms with Crippen LogP contribution in [0.1, 0.15) is 26.2 Å². The number of amides is 1. The number of rotatable bonds is 8. The largest absolute Gasteiger partial charge is 0.344 e. The van der Waals surface area contributed by atoms with Gasteiger partial charge in [-0.3, -0.25) is 4.79 Å². The van der Waals surface area contributed by atoms with E-state index < -0.39 is 5.09 Å². The van der Waals surface area contributed by atoms with Gasteiger partial charge >= 0.3 is 0 Å². The smallest absolute Gasteiger partial charge is 0.294 e. The second-order valence-electron chi connectivity index (χ2n) is 3.33. The lowest BCUT2D eigenvalue weighted by atomic mass is 10.2. The summed E-state index contributed by atoms with van der Waals surface area (Å²) in [5, 5.41) is 9.01. The Balaban J connectivity index is 3.60. The van der Waals surface area contributed by atoms with Gasteiger partial charge in [-0.15, -0.1) is 10.1 Å². The van der Waals surface area contributed by atoms with E-state index in [2.05, 4.69) is 4.84 Å². The minimum Gasteiger partial charge on any atom is -0.344 e. The first kappa shape index (κ1) is 14.4. The molecule has 6 heteroatoms. The van der Waals surface area contributed by atoms with E-state index in [4.69, 9.17) is 0 Å². The number of likely N-dealkylation sites (N-methyl/N-ethyl adjacent to an activating group) is 1. The van der Waals surface area contributed by atoms with E-state index in [1.807, 2.05) is 19.1 Å². The van der Waals surface area contributed by atoms with Crippen LogP contribution in [0.25, 0.3) is 0 Å². The molecule has 0 aromatic rings. The van der Waals surface area contributed by atoms with Gasteiger partial charge in [-0.2, -0.15) is 0 Å². The van der Waals surface area contributed by atoms with Crippen LogP contribution in [0, 0.1) is 10.1 Å². The number of allylic oxidation sites excluding steroid dienone is 2. The third kappa shape index (κ3) is 7.78. The summed E-state index contributed by atoms with van der Waals surface area (Å²) in [5.41, 5.74) is 0. The standard InChI is InChI=1S/C10H18N2O4/c1-3-4-5-6-7-10(13)11(2)8-9-16-12(14)15/h3-4H,5-9H2,1-2H3/b4-3-. The Morgan fingerprint density at radius 2 is 2.25 bits per heavy atom. The van der Waals surface area contributed by atoms with Crippen LogP contribution in [0.3, 0.4) is 0 Å². The number of nitrogens with zero attached hydrogens (tertiary/aromatic N) is 2. The second-order valence-corrected chi connectivity index (χ2v) is 3.33. The van der Waals surface area contributed by atoms with Crippen molar-refractivity contribution in [2.24, 2.45) is 0 Å². The summed E-state index contributed by atoms with van der Waals surface area (Å²) in [7, 11) is 1.61. The summed E-state index contributed by atoms with van der Waals surface area (Å²) >= 11 is 0. The molecule has 1 amide bonds. The van der Waals surface area contributed by atoms with Gasteiger partial charge in [0.25, 0.3) is 5.09 Å². The molecule has 0 atom stereocenters. The molecule has 0 aliphatic carbocycles. The third-order valence-corrected chi connectivity index (χ3v) is 2.05. The molecular weight excluding hydrogens is 212 g/mol. The highest BCUT2D eigenvalue weighted by molar-refractivity contribution is 5.75. The van der Waals surface area contributed by atoms with Gasteiger partial charge in [0.2, 0.25) is 5.91 Å². The van der Waals surface area contributed by atoms with Crippen LogP contribution in [0.15, 0.2) is 12.2 Å². The van der Waals surface area contributed by atoms with Crippen molar-refractivity contribution in [3.8, 4) is 0 Å². The van der Waals surface area contributed by atoms with Gasteiger partial charge in [-0.25, -0.2) is 0 Å². The van der Waals surface area contributed by atoms with Gasteiger partial charge < -0.3 is 9.74 Å². The Hall–Kier alpha value is -1.59. The fourth-order valence-corrected chi connectivity index (χ4v) is 1.11. The Kier molecular flexibility index (Phi) is 7.83. The number of hydrogen-bond acceptors (Lipinski definition) is 4. The zero-order valence-electron chi connectivity index (χ0n) is 9.72. The van der Waals surface area contributed by atoms with Crippen molar-refractivity contribution in [2.75, 3.05) is 20.2 Å². The van der Waals surface area contributed by atoms with Crippen LogP contribution < -0.4 is 0 Å². The van der Waals surface area contributed by atoms with E-state index in [0.29, 0.717) is 6.42 Å². The lowest BCUT2D eigenvalue weighted by Gasteiger charge is -2.15. The number of hydrogen-bond donors (Lipinski definition) is 0.